The number of methoxy groups -OCH3 is 3. The topological polar surface area (TPSA) is 105 Å². The van der Waals surface area contributed by atoms with Gasteiger partial charge in [0.15, 0.2) is 16.8 Å². The first-order valence-corrected chi connectivity index (χ1v) is 8.22. The van der Waals surface area contributed by atoms with Crippen LogP contribution in [-0.4, -0.2) is 49.2 Å². The summed E-state index contributed by atoms with van der Waals surface area (Å²) in [6.45, 7) is 0. The van der Waals surface area contributed by atoms with Crippen molar-refractivity contribution < 1.29 is 28.6 Å². The van der Waals surface area contributed by atoms with Crippen molar-refractivity contribution in [1.82, 2.24) is 9.97 Å². The molecule has 0 N–H and O–H groups in total. The Bertz CT molecular complexity index is 812. The molecule has 0 aliphatic carbocycles. The molecule has 0 saturated carbocycles. The number of carbonyl (C=O) groups is 3. The molecule has 0 spiro atoms. The maximum atomic E-state index is 12.2. The van der Waals surface area contributed by atoms with Gasteiger partial charge in [-0.15, -0.1) is 11.8 Å². The van der Waals surface area contributed by atoms with E-state index in [0.29, 0.717) is 0 Å². The highest BCUT2D eigenvalue weighted by atomic mass is 32.2. The molecule has 8 nitrogen and oxygen atoms in total. The molecule has 1 unspecified atom stereocenters. The van der Waals surface area contributed by atoms with Crippen LogP contribution in [0.25, 0.3) is 0 Å². The van der Waals surface area contributed by atoms with Gasteiger partial charge in [0.1, 0.15) is 5.56 Å². The highest BCUT2D eigenvalue weighted by Crippen LogP contribution is 2.34. The zero-order valence-electron chi connectivity index (χ0n) is 14.3. The largest absolute Gasteiger partial charge is 0.468 e. The molecule has 26 heavy (non-hydrogen) atoms. The van der Waals surface area contributed by atoms with Gasteiger partial charge in [-0.2, -0.15) is 0 Å². The van der Waals surface area contributed by atoms with Gasteiger partial charge in [-0.1, -0.05) is 18.2 Å². The lowest BCUT2D eigenvalue weighted by atomic mass is 10.2. The summed E-state index contributed by atoms with van der Waals surface area (Å²) in [5.74, 6) is -2.22. The van der Waals surface area contributed by atoms with Gasteiger partial charge in [0.25, 0.3) is 0 Å². The van der Waals surface area contributed by atoms with Crippen molar-refractivity contribution in [3.63, 3.8) is 0 Å². The summed E-state index contributed by atoms with van der Waals surface area (Å²) in [6, 6.07) is 9.10. The zero-order chi connectivity index (χ0) is 19.1. The maximum Gasteiger partial charge on any atom is 0.357 e. The first kappa shape index (κ1) is 19.4. The fourth-order valence-corrected chi connectivity index (χ4v) is 2.98. The number of carbonyl (C=O) groups excluding carboxylic acids is 3. The number of benzene rings is 1. The molecule has 0 amide bonds. The van der Waals surface area contributed by atoms with Gasteiger partial charge < -0.3 is 14.2 Å². The fraction of sp³-hybridized carbons (Fsp3) is 0.235. The van der Waals surface area contributed by atoms with Crippen molar-refractivity contribution in [1.29, 1.82) is 0 Å². The molecule has 0 saturated heterocycles. The van der Waals surface area contributed by atoms with E-state index < -0.39 is 23.2 Å². The Labute approximate surface area is 153 Å². The molecule has 2 rings (SSSR count). The third kappa shape index (κ3) is 4.37. The number of hydrogen-bond donors (Lipinski definition) is 0. The second-order valence-electron chi connectivity index (χ2n) is 4.81. The van der Waals surface area contributed by atoms with Crippen LogP contribution in [0.1, 0.15) is 31.9 Å². The second-order valence-corrected chi connectivity index (χ2v) is 5.99. The Morgan fingerprint density at radius 1 is 0.962 bits per heavy atom. The van der Waals surface area contributed by atoms with Crippen LogP contribution in [0.15, 0.2) is 41.4 Å². The number of rotatable bonds is 6. The molecule has 1 aromatic carbocycles. The lowest BCUT2D eigenvalue weighted by Gasteiger charge is -2.14. The molecule has 1 aromatic heterocycles. The molecule has 0 aliphatic heterocycles. The maximum absolute atomic E-state index is 12.2. The van der Waals surface area contributed by atoms with E-state index in [1.807, 2.05) is 30.3 Å². The Hall–Kier alpha value is -2.94. The molecule has 0 bridgehead atoms. The van der Waals surface area contributed by atoms with E-state index >= 15 is 0 Å². The van der Waals surface area contributed by atoms with Crippen LogP contribution in [0.4, 0.5) is 0 Å². The summed E-state index contributed by atoms with van der Waals surface area (Å²) in [6.07, 6.45) is 1.13. The average molecular weight is 376 g/mol. The normalized spacial score (nSPS) is 11.3. The molecule has 0 fully saturated rings. The fourth-order valence-electron chi connectivity index (χ4n) is 1.98. The lowest BCUT2D eigenvalue weighted by molar-refractivity contribution is -0.140. The number of esters is 3. The van der Waals surface area contributed by atoms with Gasteiger partial charge in [0.05, 0.1) is 21.3 Å². The lowest BCUT2D eigenvalue weighted by Crippen LogP contribution is -2.20. The highest BCUT2D eigenvalue weighted by Gasteiger charge is 2.29. The van der Waals surface area contributed by atoms with E-state index in [2.05, 4.69) is 19.4 Å². The van der Waals surface area contributed by atoms with E-state index in [4.69, 9.17) is 4.74 Å². The minimum atomic E-state index is -0.933. The van der Waals surface area contributed by atoms with Gasteiger partial charge in [0.2, 0.25) is 0 Å². The highest BCUT2D eigenvalue weighted by molar-refractivity contribution is 8.00. The molecular weight excluding hydrogens is 360 g/mol. The van der Waals surface area contributed by atoms with Crippen LogP contribution in [0, 0.1) is 0 Å². The van der Waals surface area contributed by atoms with Crippen LogP contribution in [0.2, 0.25) is 0 Å². The zero-order valence-corrected chi connectivity index (χ0v) is 15.1. The number of aromatic nitrogens is 2. The SMILES string of the molecule is COC(=O)c1cnc(C(Sc2ccccc2)C(=O)OC)nc1C(=O)OC. The molecule has 0 aliphatic rings. The summed E-state index contributed by atoms with van der Waals surface area (Å²) in [5.41, 5.74) is -0.441. The molecule has 2 aromatic rings. The minimum absolute atomic E-state index is 0.0127. The van der Waals surface area contributed by atoms with Crippen LogP contribution in [0.5, 0.6) is 0 Å². The smallest absolute Gasteiger partial charge is 0.357 e. The van der Waals surface area contributed by atoms with E-state index in [1.165, 1.54) is 14.2 Å². The van der Waals surface area contributed by atoms with Crippen molar-refractivity contribution in [2.45, 2.75) is 10.1 Å². The number of ether oxygens (including phenoxy) is 3. The summed E-state index contributed by atoms with van der Waals surface area (Å²) >= 11 is 1.15. The molecule has 1 atom stereocenters. The third-order valence-electron chi connectivity index (χ3n) is 3.24. The average Bonchev–Trinajstić information content (AvgIpc) is 2.70. The number of nitrogens with zero attached hydrogens (tertiary/aromatic N) is 2. The number of thioether (sulfide) groups is 1. The van der Waals surface area contributed by atoms with Gasteiger partial charge in [-0.05, 0) is 12.1 Å². The standard InChI is InChI=1S/C17H16N2O6S/c1-23-15(20)11-9-18-14(19-12(11)16(21)24-2)13(17(22)25-3)26-10-7-5-4-6-8-10/h4-9,13H,1-3H3. The predicted octanol–water partition coefficient (Wildman–Crippen LogP) is 2.06. The minimum Gasteiger partial charge on any atom is -0.468 e. The van der Waals surface area contributed by atoms with Crippen LogP contribution >= 0.6 is 11.8 Å². The van der Waals surface area contributed by atoms with Gasteiger partial charge in [-0.25, -0.2) is 19.6 Å². The van der Waals surface area contributed by atoms with Crippen molar-refractivity contribution in [2.24, 2.45) is 0 Å². The molecule has 9 heteroatoms. The van der Waals surface area contributed by atoms with E-state index in [-0.39, 0.29) is 17.1 Å². The quantitative estimate of drug-likeness (QED) is 0.425. The monoisotopic (exact) mass is 376 g/mol. The van der Waals surface area contributed by atoms with Gasteiger partial charge in [0, 0.05) is 11.1 Å². The summed E-state index contributed by atoms with van der Waals surface area (Å²) in [7, 11) is 3.56. The third-order valence-corrected chi connectivity index (χ3v) is 4.42. The van der Waals surface area contributed by atoms with Crippen LogP contribution in [-0.2, 0) is 19.0 Å². The Morgan fingerprint density at radius 3 is 2.19 bits per heavy atom. The molecule has 1 heterocycles. The van der Waals surface area contributed by atoms with Gasteiger partial charge in [-0.3, -0.25) is 4.79 Å². The Kier molecular flexibility index (Phi) is 6.67. The van der Waals surface area contributed by atoms with Crippen LogP contribution in [0.3, 0.4) is 0 Å². The van der Waals surface area contributed by atoms with E-state index in [0.717, 1.165) is 30.0 Å². The van der Waals surface area contributed by atoms with Crippen molar-refractivity contribution in [3.05, 3.63) is 53.6 Å². The van der Waals surface area contributed by atoms with E-state index in [1.54, 1.807) is 0 Å². The summed E-state index contributed by atoms with van der Waals surface area (Å²) in [4.78, 5) is 44.9. The summed E-state index contributed by atoms with van der Waals surface area (Å²) in [5, 5.41) is -0.933. The van der Waals surface area contributed by atoms with Crippen molar-refractivity contribution in [3.8, 4) is 0 Å². The first-order chi connectivity index (χ1) is 12.5. The second kappa shape index (κ2) is 8.95. The van der Waals surface area contributed by atoms with E-state index in [9.17, 15) is 14.4 Å². The number of hydrogen-bond acceptors (Lipinski definition) is 9. The Morgan fingerprint density at radius 2 is 1.62 bits per heavy atom. The molecule has 0 radical (unpaired) electrons. The van der Waals surface area contributed by atoms with Crippen molar-refractivity contribution in [2.75, 3.05) is 21.3 Å². The van der Waals surface area contributed by atoms with Gasteiger partial charge >= 0.3 is 17.9 Å². The molecular formula is C17H16N2O6S. The predicted molar refractivity (Wildman–Crippen MR) is 91.8 cm³/mol. The van der Waals surface area contributed by atoms with Crippen LogP contribution < -0.4 is 0 Å². The first-order valence-electron chi connectivity index (χ1n) is 7.35. The Balaban J connectivity index is 2.49. The summed E-state index contributed by atoms with van der Waals surface area (Å²) < 4.78 is 14.1. The van der Waals surface area contributed by atoms with Crippen molar-refractivity contribution >= 4 is 29.7 Å². The molecule has 136 valence electrons.